The quantitative estimate of drug-likeness (QED) is 0.668. The van der Waals surface area contributed by atoms with E-state index in [1.54, 1.807) is 13.0 Å². The van der Waals surface area contributed by atoms with E-state index < -0.39 is 11.5 Å². The number of rotatable bonds is 5. The van der Waals surface area contributed by atoms with E-state index in [9.17, 15) is 4.79 Å². The third-order valence-electron chi connectivity index (χ3n) is 2.38. The van der Waals surface area contributed by atoms with Crippen LogP contribution in [0.1, 0.15) is 20.8 Å². The van der Waals surface area contributed by atoms with Crippen molar-refractivity contribution >= 4 is 5.97 Å². The third kappa shape index (κ3) is 4.44. The first kappa shape index (κ1) is 14.1. The van der Waals surface area contributed by atoms with Gasteiger partial charge in [-0.2, -0.15) is 0 Å². The maximum Gasteiger partial charge on any atom is 0.331 e. The summed E-state index contributed by atoms with van der Waals surface area (Å²) < 4.78 is 0. The van der Waals surface area contributed by atoms with E-state index >= 15 is 0 Å². The number of allylic oxidation sites excluding steroid dienone is 1. The summed E-state index contributed by atoms with van der Waals surface area (Å²) in [6.07, 6.45) is 1.63. The summed E-state index contributed by atoms with van der Waals surface area (Å²) in [5.74, 6) is -1.06. The highest BCUT2D eigenvalue weighted by Gasteiger charge is 2.31. The highest BCUT2D eigenvalue weighted by Crippen LogP contribution is 2.23. The van der Waals surface area contributed by atoms with Crippen molar-refractivity contribution < 1.29 is 9.90 Å². The molecule has 1 atom stereocenters. The van der Waals surface area contributed by atoms with E-state index in [1.165, 1.54) is 0 Å². The van der Waals surface area contributed by atoms with Crippen LogP contribution in [-0.2, 0) is 4.79 Å². The van der Waals surface area contributed by atoms with Crippen LogP contribution in [0.15, 0.2) is 11.6 Å². The highest BCUT2D eigenvalue weighted by atomic mass is 16.4. The maximum atomic E-state index is 11.1. The number of aliphatic carboxylic acids is 1. The average Bonchev–Trinajstić information content (AvgIpc) is 2.00. The summed E-state index contributed by atoms with van der Waals surface area (Å²) >= 11 is 0. The molecule has 0 amide bonds. The monoisotopic (exact) mass is 214 g/mol. The minimum Gasteiger partial charge on any atom is -0.478 e. The SMILES string of the molecule is C/C=C(\C(=O)O)C(CN(C)C)C(C)(C)N. The third-order valence-corrected chi connectivity index (χ3v) is 2.38. The first-order chi connectivity index (χ1) is 6.70. The van der Waals surface area contributed by atoms with Crippen molar-refractivity contribution in [1.29, 1.82) is 0 Å². The minimum absolute atomic E-state index is 0.171. The van der Waals surface area contributed by atoms with E-state index in [2.05, 4.69) is 0 Å². The molecule has 0 aliphatic rings. The number of carboxylic acids is 1. The molecule has 4 nitrogen and oxygen atoms in total. The molecule has 88 valence electrons. The van der Waals surface area contributed by atoms with Crippen LogP contribution in [0.4, 0.5) is 0 Å². The van der Waals surface area contributed by atoms with Crippen LogP contribution in [0.25, 0.3) is 0 Å². The summed E-state index contributed by atoms with van der Waals surface area (Å²) in [5, 5.41) is 9.08. The van der Waals surface area contributed by atoms with Gasteiger partial charge in [-0.1, -0.05) is 6.08 Å². The fraction of sp³-hybridized carbons (Fsp3) is 0.727. The molecule has 0 aromatic heterocycles. The first-order valence-electron chi connectivity index (χ1n) is 5.03. The smallest absolute Gasteiger partial charge is 0.331 e. The largest absolute Gasteiger partial charge is 0.478 e. The Bertz CT molecular complexity index is 252. The lowest BCUT2D eigenvalue weighted by molar-refractivity contribution is -0.133. The molecule has 0 aliphatic carbocycles. The lowest BCUT2D eigenvalue weighted by Crippen LogP contribution is -2.47. The van der Waals surface area contributed by atoms with Crippen LogP contribution in [0, 0.1) is 5.92 Å². The molecule has 0 saturated carbocycles. The number of carbonyl (C=O) groups is 1. The zero-order chi connectivity index (χ0) is 12.2. The zero-order valence-electron chi connectivity index (χ0n) is 10.2. The number of nitrogens with two attached hydrogens (primary N) is 1. The van der Waals surface area contributed by atoms with Gasteiger partial charge in [-0.15, -0.1) is 0 Å². The van der Waals surface area contributed by atoms with Gasteiger partial charge in [0.05, 0.1) is 0 Å². The molecule has 3 N–H and O–H groups in total. The van der Waals surface area contributed by atoms with Crippen LogP contribution in [0.5, 0.6) is 0 Å². The van der Waals surface area contributed by atoms with Crippen molar-refractivity contribution in [2.75, 3.05) is 20.6 Å². The molecular formula is C11H22N2O2. The molecule has 0 heterocycles. The van der Waals surface area contributed by atoms with Gasteiger partial charge in [0.2, 0.25) is 0 Å². The first-order valence-corrected chi connectivity index (χ1v) is 5.03. The Labute approximate surface area is 91.8 Å². The molecule has 0 aromatic carbocycles. The minimum atomic E-state index is -0.886. The molecule has 0 aliphatic heterocycles. The Kier molecular flexibility index (Phi) is 4.97. The molecule has 0 saturated heterocycles. The second-order valence-electron chi connectivity index (χ2n) is 4.69. The lowest BCUT2D eigenvalue weighted by Gasteiger charge is -2.33. The number of hydrogen-bond acceptors (Lipinski definition) is 3. The van der Waals surface area contributed by atoms with Crippen molar-refractivity contribution in [3.8, 4) is 0 Å². The summed E-state index contributed by atoms with van der Waals surface area (Å²) in [7, 11) is 3.82. The normalized spacial score (nSPS) is 15.5. The summed E-state index contributed by atoms with van der Waals surface area (Å²) in [6.45, 7) is 6.08. The second kappa shape index (κ2) is 5.28. The highest BCUT2D eigenvalue weighted by molar-refractivity contribution is 5.87. The predicted molar refractivity (Wildman–Crippen MR) is 61.7 cm³/mol. The van der Waals surface area contributed by atoms with Crippen molar-refractivity contribution in [3.05, 3.63) is 11.6 Å². The number of nitrogens with zero attached hydrogens (tertiary/aromatic N) is 1. The molecule has 4 heteroatoms. The standard InChI is InChI=1S/C11H22N2O2/c1-6-8(10(14)15)9(7-13(4)5)11(2,3)12/h6,9H,7,12H2,1-5H3,(H,14,15)/b8-6-. The molecule has 15 heavy (non-hydrogen) atoms. The van der Waals surface area contributed by atoms with E-state index in [-0.39, 0.29) is 5.92 Å². The number of carboxylic acid groups (broad SMARTS) is 1. The summed E-state index contributed by atoms with van der Waals surface area (Å²) in [6, 6.07) is 0. The lowest BCUT2D eigenvalue weighted by atomic mass is 9.82. The van der Waals surface area contributed by atoms with Gasteiger partial charge in [-0.25, -0.2) is 4.79 Å². The van der Waals surface area contributed by atoms with Crippen LogP contribution in [0.2, 0.25) is 0 Å². The molecule has 0 rings (SSSR count). The van der Waals surface area contributed by atoms with Crippen LogP contribution >= 0.6 is 0 Å². The van der Waals surface area contributed by atoms with Gasteiger partial charge in [-0.3, -0.25) is 0 Å². The Morgan fingerprint density at radius 3 is 2.20 bits per heavy atom. The van der Waals surface area contributed by atoms with E-state index in [4.69, 9.17) is 10.8 Å². The average molecular weight is 214 g/mol. The Balaban J connectivity index is 5.01. The molecule has 0 spiro atoms. The summed E-state index contributed by atoms with van der Waals surface area (Å²) in [5.41, 5.74) is 5.86. The summed E-state index contributed by atoms with van der Waals surface area (Å²) in [4.78, 5) is 13.0. The van der Waals surface area contributed by atoms with Gasteiger partial charge in [0.1, 0.15) is 0 Å². The van der Waals surface area contributed by atoms with Gasteiger partial charge < -0.3 is 15.7 Å². The van der Waals surface area contributed by atoms with Gasteiger partial charge in [0, 0.05) is 23.6 Å². The fourth-order valence-electron chi connectivity index (χ4n) is 1.57. The van der Waals surface area contributed by atoms with Gasteiger partial charge in [-0.05, 0) is 34.9 Å². The van der Waals surface area contributed by atoms with E-state index in [1.807, 2.05) is 32.8 Å². The molecule has 0 bridgehead atoms. The van der Waals surface area contributed by atoms with Gasteiger partial charge >= 0.3 is 5.97 Å². The van der Waals surface area contributed by atoms with E-state index in [0.29, 0.717) is 12.1 Å². The van der Waals surface area contributed by atoms with Crippen LogP contribution < -0.4 is 5.73 Å². The predicted octanol–water partition coefficient (Wildman–Crippen LogP) is 0.932. The fourth-order valence-corrected chi connectivity index (χ4v) is 1.57. The maximum absolute atomic E-state index is 11.1. The molecule has 1 unspecified atom stereocenters. The topological polar surface area (TPSA) is 66.6 Å². The van der Waals surface area contributed by atoms with Crippen molar-refractivity contribution in [1.82, 2.24) is 4.90 Å². The van der Waals surface area contributed by atoms with Crippen molar-refractivity contribution in [2.45, 2.75) is 26.3 Å². The van der Waals surface area contributed by atoms with Crippen molar-refractivity contribution in [2.24, 2.45) is 11.7 Å². The van der Waals surface area contributed by atoms with Crippen LogP contribution in [0.3, 0.4) is 0 Å². The Morgan fingerprint density at radius 1 is 1.53 bits per heavy atom. The molecule has 0 fully saturated rings. The van der Waals surface area contributed by atoms with Gasteiger partial charge in [0.25, 0.3) is 0 Å². The van der Waals surface area contributed by atoms with Crippen LogP contribution in [-0.4, -0.2) is 42.2 Å². The Hall–Kier alpha value is -0.870. The second-order valence-corrected chi connectivity index (χ2v) is 4.69. The van der Waals surface area contributed by atoms with Gasteiger partial charge in [0.15, 0.2) is 0 Å². The molecule has 0 aromatic rings. The van der Waals surface area contributed by atoms with Crippen molar-refractivity contribution in [3.63, 3.8) is 0 Å². The molecule has 0 radical (unpaired) electrons. The van der Waals surface area contributed by atoms with E-state index in [0.717, 1.165) is 0 Å². The Morgan fingerprint density at radius 2 is 2.00 bits per heavy atom. The molecular weight excluding hydrogens is 192 g/mol. The number of hydrogen-bond donors (Lipinski definition) is 2. The zero-order valence-corrected chi connectivity index (χ0v) is 10.2.